The minimum absolute atomic E-state index is 0.502. The standard InChI is InChI=1S/C19H31N/c1-16(2)14-20-15-19(11-5-4-6-12-19)13-18-9-7-17(3)8-10-18/h7-10,16,20H,4-6,11-15H2,1-3H3. The minimum atomic E-state index is 0.502. The topological polar surface area (TPSA) is 12.0 Å². The molecule has 112 valence electrons. The molecule has 1 fully saturated rings. The molecule has 1 aromatic rings. The number of hydrogen-bond donors (Lipinski definition) is 1. The molecule has 0 aromatic heterocycles. The van der Waals surface area contributed by atoms with Crippen LogP contribution >= 0.6 is 0 Å². The summed E-state index contributed by atoms with van der Waals surface area (Å²) >= 11 is 0. The Hall–Kier alpha value is -0.820. The van der Waals surface area contributed by atoms with Gasteiger partial charge in [-0.2, -0.15) is 0 Å². The minimum Gasteiger partial charge on any atom is -0.316 e. The van der Waals surface area contributed by atoms with E-state index in [9.17, 15) is 0 Å². The van der Waals surface area contributed by atoms with Crippen LogP contribution in [0.2, 0.25) is 0 Å². The van der Waals surface area contributed by atoms with Crippen LogP contribution in [0.1, 0.15) is 57.1 Å². The first-order valence-electron chi connectivity index (χ1n) is 8.36. The summed E-state index contributed by atoms with van der Waals surface area (Å²) in [4.78, 5) is 0. The first-order chi connectivity index (χ1) is 9.60. The second-order valence-electron chi connectivity index (χ2n) is 7.25. The highest BCUT2D eigenvalue weighted by Gasteiger charge is 2.31. The fourth-order valence-corrected chi connectivity index (χ4v) is 3.48. The molecule has 1 saturated carbocycles. The maximum absolute atomic E-state index is 3.73. The van der Waals surface area contributed by atoms with E-state index in [2.05, 4.69) is 50.4 Å². The van der Waals surface area contributed by atoms with Gasteiger partial charge in [-0.15, -0.1) is 0 Å². The molecule has 1 N–H and O–H groups in total. The molecule has 20 heavy (non-hydrogen) atoms. The van der Waals surface area contributed by atoms with E-state index in [1.807, 2.05) is 0 Å². The zero-order valence-electron chi connectivity index (χ0n) is 13.5. The van der Waals surface area contributed by atoms with Gasteiger partial charge in [-0.05, 0) is 49.6 Å². The Bertz CT molecular complexity index is 385. The van der Waals surface area contributed by atoms with E-state index in [4.69, 9.17) is 0 Å². The van der Waals surface area contributed by atoms with E-state index in [1.54, 1.807) is 0 Å². The van der Waals surface area contributed by atoms with Crippen molar-refractivity contribution in [1.82, 2.24) is 5.32 Å². The fourth-order valence-electron chi connectivity index (χ4n) is 3.48. The molecule has 1 aliphatic rings. The van der Waals surface area contributed by atoms with Crippen LogP contribution in [0.15, 0.2) is 24.3 Å². The van der Waals surface area contributed by atoms with E-state index < -0.39 is 0 Å². The lowest BCUT2D eigenvalue weighted by atomic mass is 9.70. The molecule has 0 spiro atoms. The second kappa shape index (κ2) is 7.26. The van der Waals surface area contributed by atoms with Crippen LogP contribution in [-0.4, -0.2) is 13.1 Å². The Morgan fingerprint density at radius 3 is 2.30 bits per heavy atom. The maximum atomic E-state index is 3.73. The summed E-state index contributed by atoms with van der Waals surface area (Å²) < 4.78 is 0. The van der Waals surface area contributed by atoms with Crippen LogP contribution in [0.25, 0.3) is 0 Å². The van der Waals surface area contributed by atoms with Gasteiger partial charge in [0.05, 0.1) is 0 Å². The Morgan fingerprint density at radius 2 is 1.70 bits per heavy atom. The van der Waals surface area contributed by atoms with Crippen molar-refractivity contribution in [3.05, 3.63) is 35.4 Å². The molecular formula is C19H31N. The van der Waals surface area contributed by atoms with Crippen LogP contribution < -0.4 is 5.32 Å². The third-order valence-electron chi connectivity index (χ3n) is 4.67. The summed E-state index contributed by atoms with van der Waals surface area (Å²) in [5, 5.41) is 3.73. The van der Waals surface area contributed by atoms with Crippen molar-refractivity contribution in [3.63, 3.8) is 0 Å². The first-order valence-corrected chi connectivity index (χ1v) is 8.36. The first kappa shape index (κ1) is 15.6. The smallest absolute Gasteiger partial charge is 0.00111 e. The normalized spacial score (nSPS) is 18.4. The zero-order chi connectivity index (χ0) is 14.4. The summed E-state index contributed by atoms with van der Waals surface area (Å²) in [6, 6.07) is 9.17. The van der Waals surface area contributed by atoms with E-state index >= 15 is 0 Å². The predicted molar refractivity (Wildman–Crippen MR) is 88.1 cm³/mol. The number of hydrogen-bond acceptors (Lipinski definition) is 1. The molecule has 0 amide bonds. The molecule has 1 aliphatic carbocycles. The average Bonchev–Trinajstić information content (AvgIpc) is 2.42. The van der Waals surface area contributed by atoms with Gasteiger partial charge in [0.1, 0.15) is 0 Å². The van der Waals surface area contributed by atoms with E-state index in [0.29, 0.717) is 5.41 Å². The van der Waals surface area contributed by atoms with Crippen LogP contribution in [0.5, 0.6) is 0 Å². The van der Waals surface area contributed by atoms with E-state index in [1.165, 1.54) is 56.2 Å². The van der Waals surface area contributed by atoms with Crippen LogP contribution in [0, 0.1) is 18.3 Å². The van der Waals surface area contributed by atoms with Gasteiger partial charge in [-0.3, -0.25) is 0 Å². The van der Waals surface area contributed by atoms with E-state index in [-0.39, 0.29) is 0 Å². The van der Waals surface area contributed by atoms with Crippen molar-refractivity contribution in [2.75, 3.05) is 13.1 Å². The molecule has 0 unspecified atom stereocenters. The van der Waals surface area contributed by atoms with Crippen LogP contribution in [-0.2, 0) is 6.42 Å². The van der Waals surface area contributed by atoms with Crippen molar-refractivity contribution >= 4 is 0 Å². The fraction of sp³-hybridized carbons (Fsp3) is 0.684. The van der Waals surface area contributed by atoms with Crippen LogP contribution in [0.4, 0.5) is 0 Å². The lowest BCUT2D eigenvalue weighted by molar-refractivity contribution is 0.179. The highest BCUT2D eigenvalue weighted by atomic mass is 14.9. The van der Waals surface area contributed by atoms with Gasteiger partial charge in [0.25, 0.3) is 0 Å². The summed E-state index contributed by atoms with van der Waals surface area (Å²) in [6.07, 6.45) is 8.29. The van der Waals surface area contributed by atoms with Crippen molar-refractivity contribution in [2.24, 2.45) is 11.3 Å². The third-order valence-corrected chi connectivity index (χ3v) is 4.67. The molecule has 0 aliphatic heterocycles. The molecule has 0 bridgehead atoms. The second-order valence-corrected chi connectivity index (χ2v) is 7.25. The van der Waals surface area contributed by atoms with Gasteiger partial charge in [0, 0.05) is 6.54 Å². The van der Waals surface area contributed by atoms with Crippen LogP contribution in [0.3, 0.4) is 0 Å². The average molecular weight is 273 g/mol. The molecule has 0 saturated heterocycles. The van der Waals surface area contributed by atoms with Crippen molar-refractivity contribution < 1.29 is 0 Å². The molecule has 0 atom stereocenters. The summed E-state index contributed by atoms with van der Waals surface area (Å²) in [5.74, 6) is 0.745. The Labute approximate surface area is 125 Å². The van der Waals surface area contributed by atoms with Crippen molar-refractivity contribution in [1.29, 1.82) is 0 Å². The summed E-state index contributed by atoms with van der Waals surface area (Å²) in [7, 11) is 0. The molecule has 1 heteroatoms. The number of rotatable bonds is 6. The van der Waals surface area contributed by atoms with E-state index in [0.717, 1.165) is 12.5 Å². The SMILES string of the molecule is Cc1ccc(CC2(CNCC(C)C)CCCCC2)cc1. The van der Waals surface area contributed by atoms with Gasteiger partial charge in [0.2, 0.25) is 0 Å². The number of benzene rings is 1. The monoisotopic (exact) mass is 273 g/mol. The van der Waals surface area contributed by atoms with Crippen molar-refractivity contribution in [3.8, 4) is 0 Å². The molecule has 0 heterocycles. The molecule has 1 aromatic carbocycles. The Balaban J connectivity index is 2.00. The molecule has 1 nitrogen and oxygen atoms in total. The Kier molecular flexibility index (Phi) is 5.65. The summed E-state index contributed by atoms with van der Waals surface area (Å²) in [5.41, 5.74) is 3.38. The van der Waals surface area contributed by atoms with Gasteiger partial charge in [-0.1, -0.05) is 62.9 Å². The van der Waals surface area contributed by atoms with Crippen molar-refractivity contribution in [2.45, 2.75) is 59.3 Å². The molecule has 0 radical (unpaired) electrons. The number of nitrogens with one attached hydrogen (secondary N) is 1. The quantitative estimate of drug-likeness (QED) is 0.790. The molecule has 2 rings (SSSR count). The van der Waals surface area contributed by atoms with Gasteiger partial charge in [-0.25, -0.2) is 0 Å². The van der Waals surface area contributed by atoms with Gasteiger partial charge in [0.15, 0.2) is 0 Å². The summed E-state index contributed by atoms with van der Waals surface area (Å²) in [6.45, 7) is 9.10. The zero-order valence-corrected chi connectivity index (χ0v) is 13.5. The third kappa shape index (κ3) is 4.63. The molecular weight excluding hydrogens is 242 g/mol. The predicted octanol–water partition coefficient (Wildman–Crippen LogP) is 4.73. The van der Waals surface area contributed by atoms with Gasteiger partial charge >= 0.3 is 0 Å². The highest BCUT2D eigenvalue weighted by Crippen LogP contribution is 2.38. The lowest BCUT2D eigenvalue weighted by Crippen LogP contribution is -2.39. The lowest BCUT2D eigenvalue weighted by Gasteiger charge is -2.38. The largest absolute Gasteiger partial charge is 0.316 e. The Morgan fingerprint density at radius 1 is 1.05 bits per heavy atom. The number of aryl methyl sites for hydroxylation is 1. The maximum Gasteiger partial charge on any atom is 0.00111 e. The van der Waals surface area contributed by atoms with Gasteiger partial charge < -0.3 is 5.32 Å². The highest BCUT2D eigenvalue weighted by molar-refractivity contribution is 5.22.